The van der Waals surface area contributed by atoms with Gasteiger partial charge in [-0.1, -0.05) is 11.6 Å². The Hall–Kier alpha value is -1.81. The van der Waals surface area contributed by atoms with Gasteiger partial charge in [0.1, 0.15) is 11.0 Å². The lowest BCUT2D eigenvalue weighted by Gasteiger charge is -2.18. The highest BCUT2D eigenvalue weighted by molar-refractivity contribution is 6.34. The number of nitrogens with one attached hydrogen (secondary N) is 2. The lowest BCUT2D eigenvalue weighted by molar-refractivity contribution is -0.115. The first-order chi connectivity index (χ1) is 7.72. The summed E-state index contributed by atoms with van der Waals surface area (Å²) in [4.78, 5) is 15.7. The summed E-state index contributed by atoms with van der Waals surface area (Å²) < 4.78 is 0. The van der Waals surface area contributed by atoms with Gasteiger partial charge in [0.2, 0.25) is 0 Å². The molecule has 2 heterocycles. The summed E-state index contributed by atoms with van der Waals surface area (Å²) in [5.41, 5.74) is 1.09. The average molecular weight is 236 g/mol. The standard InChI is InChI=1S/C11H10ClN3O/c1-2-9-14-6-8(11(16)15-9)7-4-3-5-13-10(7)12/h2-6,14H,1H3,(H,15,16). The first kappa shape index (κ1) is 10.7. The van der Waals surface area contributed by atoms with Crippen LogP contribution in [0.5, 0.6) is 0 Å². The van der Waals surface area contributed by atoms with Gasteiger partial charge in [-0.25, -0.2) is 4.98 Å². The molecule has 2 rings (SSSR count). The van der Waals surface area contributed by atoms with Gasteiger partial charge in [0, 0.05) is 18.0 Å². The Morgan fingerprint density at radius 2 is 2.31 bits per heavy atom. The fourth-order valence-electron chi connectivity index (χ4n) is 1.38. The van der Waals surface area contributed by atoms with Crippen molar-refractivity contribution in [2.45, 2.75) is 6.92 Å². The van der Waals surface area contributed by atoms with Crippen LogP contribution < -0.4 is 10.6 Å². The Morgan fingerprint density at radius 3 is 2.94 bits per heavy atom. The number of halogens is 1. The zero-order chi connectivity index (χ0) is 11.5. The summed E-state index contributed by atoms with van der Waals surface area (Å²) in [6.07, 6.45) is 4.98. The molecule has 1 aromatic heterocycles. The van der Waals surface area contributed by atoms with Gasteiger partial charge in [0.25, 0.3) is 5.91 Å². The quantitative estimate of drug-likeness (QED) is 0.728. The Morgan fingerprint density at radius 1 is 1.50 bits per heavy atom. The van der Waals surface area contributed by atoms with Crippen molar-refractivity contribution in [1.29, 1.82) is 0 Å². The van der Waals surface area contributed by atoms with Crippen molar-refractivity contribution in [3.8, 4) is 0 Å². The first-order valence-corrected chi connectivity index (χ1v) is 5.15. The molecule has 0 saturated heterocycles. The smallest absolute Gasteiger partial charge is 0.258 e. The van der Waals surface area contributed by atoms with Crippen LogP contribution in [0, 0.1) is 0 Å². The van der Waals surface area contributed by atoms with Crippen LogP contribution >= 0.6 is 11.6 Å². The minimum Gasteiger partial charge on any atom is -0.348 e. The third kappa shape index (κ3) is 1.92. The summed E-state index contributed by atoms with van der Waals surface area (Å²) >= 11 is 5.92. The third-order valence-corrected chi connectivity index (χ3v) is 2.50. The topological polar surface area (TPSA) is 54.0 Å². The van der Waals surface area contributed by atoms with E-state index in [-0.39, 0.29) is 5.91 Å². The van der Waals surface area contributed by atoms with E-state index in [1.807, 2.05) is 6.92 Å². The fraction of sp³-hybridized carbons (Fsp3) is 0.0909. The van der Waals surface area contributed by atoms with Gasteiger partial charge in [-0.05, 0) is 25.1 Å². The average Bonchev–Trinajstić information content (AvgIpc) is 2.30. The zero-order valence-corrected chi connectivity index (χ0v) is 9.38. The third-order valence-electron chi connectivity index (χ3n) is 2.20. The number of aromatic nitrogens is 1. The van der Waals surface area contributed by atoms with Gasteiger partial charge in [-0.15, -0.1) is 0 Å². The Bertz CT molecular complexity index is 494. The molecule has 0 spiro atoms. The van der Waals surface area contributed by atoms with Crippen molar-refractivity contribution in [2.24, 2.45) is 0 Å². The number of carbonyl (C=O) groups excluding carboxylic acids is 1. The summed E-state index contributed by atoms with van der Waals surface area (Å²) in [7, 11) is 0. The van der Waals surface area contributed by atoms with Gasteiger partial charge < -0.3 is 10.6 Å². The van der Waals surface area contributed by atoms with E-state index in [9.17, 15) is 4.79 Å². The van der Waals surface area contributed by atoms with E-state index >= 15 is 0 Å². The maximum absolute atomic E-state index is 11.8. The van der Waals surface area contributed by atoms with E-state index in [4.69, 9.17) is 11.6 Å². The largest absolute Gasteiger partial charge is 0.348 e. The van der Waals surface area contributed by atoms with Crippen LogP contribution in [0.15, 0.2) is 36.4 Å². The minimum absolute atomic E-state index is 0.193. The van der Waals surface area contributed by atoms with E-state index in [0.29, 0.717) is 22.1 Å². The number of hydrogen-bond acceptors (Lipinski definition) is 3. The van der Waals surface area contributed by atoms with Crippen LogP contribution in [-0.2, 0) is 4.79 Å². The molecule has 5 heteroatoms. The minimum atomic E-state index is -0.193. The SMILES string of the molecule is CC=C1NC=C(c2cccnc2Cl)C(=O)N1. The van der Waals surface area contributed by atoms with Crippen molar-refractivity contribution < 1.29 is 4.79 Å². The monoisotopic (exact) mass is 235 g/mol. The van der Waals surface area contributed by atoms with Gasteiger partial charge in [-0.2, -0.15) is 0 Å². The molecular formula is C11H10ClN3O. The summed E-state index contributed by atoms with van der Waals surface area (Å²) in [6.45, 7) is 1.83. The highest BCUT2D eigenvalue weighted by atomic mass is 35.5. The molecule has 0 bridgehead atoms. The summed E-state index contributed by atoms with van der Waals surface area (Å²) in [5.74, 6) is 0.468. The van der Waals surface area contributed by atoms with Crippen molar-refractivity contribution in [3.63, 3.8) is 0 Å². The molecule has 0 radical (unpaired) electrons. The van der Waals surface area contributed by atoms with Crippen LogP contribution in [0.1, 0.15) is 12.5 Å². The van der Waals surface area contributed by atoms with Crippen LogP contribution in [0.3, 0.4) is 0 Å². The number of pyridine rings is 1. The highest BCUT2D eigenvalue weighted by Gasteiger charge is 2.19. The Balaban J connectivity index is 2.40. The molecule has 0 saturated carbocycles. The van der Waals surface area contributed by atoms with Gasteiger partial charge in [0.05, 0.1) is 5.57 Å². The Kier molecular flexibility index (Phi) is 2.92. The van der Waals surface area contributed by atoms with Crippen molar-refractivity contribution in [2.75, 3.05) is 0 Å². The van der Waals surface area contributed by atoms with Crippen molar-refractivity contribution in [3.05, 3.63) is 47.1 Å². The summed E-state index contributed by atoms with van der Waals surface area (Å²) in [5, 5.41) is 5.97. The molecule has 0 aromatic carbocycles. The van der Waals surface area contributed by atoms with Gasteiger partial charge >= 0.3 is 0 Å². The van der Waals surface area contributed by atoms with Crippen molar-refractivity contribution in [1.82, 2.24) is 15.6 Å². The first-order valence-electron chi connectivity index (χ1n) is 4.77. The zero-order valence-electron chi connectivity index (χ0n) is 8.62. The molecule has 1 aliphatic heterocycles. The van der Waals surface area contributed by atoms with Crippen molar-refractivity contribution >= 4 is 23.1 Å². The molecule has 0 aliphatic carbocycles. The molecule has 0 unspecified atom stereocenters. The van der Waals surface area contributed by atoms with Crippen LogP contribution in [0.25, 0.3) is 5.57 Å². The number of nitrogens with zero attached hydrogens (tertiary/aromatic N) is 1. The summed E-state index contributed by atoms with van der Waals surface area (Å²) in [6, 6.07) is 3.49. The van der Waals surface area contributed by atoms with E-state index in [0.717, 1.165) is 0 Å². The maximum Gasteiger partial charge on any atom is 0.258 e. The number of amides is 1. The van der Waals surface area contributed by atoms with Gasteiger partial charge in [0.15, 0.2) is 0 Å². The number of hydrogen-bond donors (Lipinski definition) is 2. The molecule has 4 nitrogen and oxygen atoms in total. The molecule has 0 fully saturated rings. The molecule has 0 atom stereocenters. The highest BCUT2D eigenvalue weighted by Crippen LogP contribution is 2.22. The van der Waals surface area contributed by atoms with E-state index in [1.54, 1.807) is 30.6 Å². The molecule has 1 aromatic rings. The van der Waals surface area contributed by atoms with Crippen LogP contribution in [0.4, 0.5) is 0 Å². The number of rotatable bonds is 1. The predicted octanol–water partition coefficient (Wildman–Crippen LogP) is 1.66. The van der Waals surface area contributed by atoms with Crippen LogP contribution in [-0.4, -0.2) is 10.9 Å². The number of carbonyl (C=O) groups is 1. The fourth-order valence-corrected chi connectivity index (χ4v) is 1.60. The lowest BCUT2D eigenvalue weighted by Crippen LogP contribution is -2.34. The molecule has 1 amide bonds. The molecular weight excluding hydrogens is 226 g/mol. The second-order valence-corrected chi connectivity index (χ2v) is 3.56. The van der Waals surface area contributed by atoms with E-state index in [2.05, 4.69) is 15.6 Å². The normalized spacial score (nSPS) is 17.8. The second kappa shape index (κ2) is 4.37. The van der Waals surface area contributed by atoms with Crippen LogP contribution in [0.2, 0.25) is 5.15 Å². The predicted molar refractivity (Wildman–Crippen MR) is 62.3 cm³/mol. The molecule has 16 heavy (non-hydrogen) atoms. The lowest BCUT2D eigenvalue weighted by atomic mass is 10.1. The maximum atomic E-state index is 11.8. The molecule has 82 valence electrons. The van der Waals surface area contributed by atoms with Gasteiger partial charge in [-0.3, -0.25) is 4.79 Å². The Labute approximate surface area is 98.0 Å². The second-order valence-electron chi connectivity index (χ2n) is 3.20. The number of allylic oxidation sites excluding steroid dienone is 1. The molecule has 1 aliphatic rings. The van der Waals surface area contributed by atoms with E-state index in [1.165, 1.54) is 0 Å². The molecule has 2 N–H and O–H groups in total. The van der Waals surface area contributed by atoms with E-state index < -0.39 is 0 Å².